The number of carbonyl (C=O) groups excluding carboxylic acids is 1. The Bertz CT molecular complexity index is 672. The molecule has 0 aliphatic heterocycles. The largest absolute Gasteiger partial charge is 0.351 e. The molecule has 0 radical (unpaired) electrons. The summed E-state index contributed by atoms with van der Waals surface area (Å²) >= 11 is 5.62. The Balaban J connectivity index is 2.28. The van der Waals surface area contributed by atoms with Gasteiger partial charge in [-0.25, -0.2) is 17.9 Å². The zero-order valence-electron chi connectivity index (χ0n) is 10.7. The molecule has 110 valence electrons. The third-order valence-corrected chi connectivity index (χ3v) is 4.73. The zero-order valence-corrected chi connectivity index (χ0v) is 12.3. The minimum atomic E-state index is -4.12. The molecule has 0 atom stereocenters. The molecule has 1 amide bonds. The van der Waals surface area contributed by atoms with Crippen LogP contribution in [0.2, 0.25) is 5.02 Å². The first-order valence-electron chi connectivity index (χ1n) is 5.92. The average Bonchev–Trinajstić information content (AvgIpc) is 3.03. The number of amides is 1. The van der Waals surface area contributed by atoms with E-state index in [-0.39, 0.29) is 16.0 Å². The van der Waals surface area contributed by atoms with Gasteiger partial charge in [-0.2, -0.15) is 0 Å². The second kappa shape index (κ2) is 4.98. The summed E-state index contributed by atoms with van der Waals surface area (Å²) in [5.74, 6) is -1.57. The summed E-state index contributed by atoms with van der Waals surface area (Å²) in [6.07, 6.45) is 2.00. The number of hydrogen-bond donors (Lipinski definition) is 2. The van der Waals surface area contributed by atoms with E-state index < -0.39 is 26.6 Å². The molecule has 1 fully saturated rings. The second-order valence-corrected chi connectivity index (χ2v) is 7.24. The second-order valence-electron chi connectivity index (χ2n) is 5.30. The van der Waals surface area contributed by atoms with Gasteiger partial charge in [0.1, 0.15) is 10.7 Å². The summed E-state index contributed by atoms with van der Waals surface area (Å²) < 4.78 is 36.3. The van der Waals surface area contributed by atoms with E-state index in [4.69, 9.17) is 16.7 Å². The quantitative estimate of drug-likeness (QED) is 0.884. The lowest BCUT2D eigenvalue weighted by Crippen LogP contribution is -2.30. The molecule has 1 aliphatic carbocycles. The van der Waals surface area contributed by atoms with E-state index in [1.165, 1.54) is 0 Å². The Morgan fingerprint density at radius 1 is 1.50 bits per heavy atom. The molecule has 20 heavy (non-hydrogen) atoms. The SMILES string of the molecule is CC1(CNC(=O)c2cc(S(N)(=O)=O)c(Cl)cc2F)CC1. The number of carbonyl (C=O) groups is 1. The lowest BCUT2D eigenvalue weighted by molar-refractivity contribution is 0.0942. The molecule has 1 aromatic carbocycles. The normalized spacial score (nSPS) is 16.8. The van der Waals surface area contributed by atoms with Crippen molar-refractivity contribution in [1.29, 1.82) is 0 Å². The highest BCUT2D eigenvalue weighted by Crippen LogP contribution is 2.44. The van der Waals surface area contributed by atoms with Crippen molar-refractivity contribution in [2.75, 3.05) is 6.54 Å². The summed E-state index contributed by atoms with van der Waals surface area (Å²) in [6.45, 7) is 2.42. The number of halogens is 2. The average molecular weight is 321 g/mol. The smallest absolute Gasteiger partial charge is 0.254 e. The lowest BCUT2D eigenvalue weighted by Gasteiger charge is -2.11. The molecule has 0 saturated heterocycles. The Morgan fingerprint density at radius 3 is 2.60 bits per heavy atom. The van der Waals surface area contributed by atoms with Crippen molar-refractivity contribution in [3.8, 4) is 0 Å². The highest BCUT2D eigenvalue weighted by molar-refractivity contribution is 7.89. The van der Waals surface area contributed by atoms with Gasteiger partial charge < -0.3 is 5.32 Å². The van der Waals surface area contributed by atoms with Crippen molar-refractivity contribution >= 4 is 27.5 Å². The number of benzene rings is 1. The van der Waals surface area contributed by atoms with Crippen LogP contribution in [0.1, 0.15) is 30.1 Å². The fraction of sp³-hybridized carbons (Fsp3) is 0.417. The van der Waals surface area contributed by atoms with Crippen molar-refractivity contribution in [1.82, 2.24) is 5.32 Å². The van der Waals surface area contributed by atoms with Gasteiger partial charge in [0.2, 0.25) is 10.0 Å². The Kier molecular flexibility index (Phi) is 3.79. The van der Waals surface area contributed by atoms with Gasteiger partial charge in [-0.1, -0.05) is 18.5 Å². The van der Waals surface area contributed by atoms with Crippen LogP contribution in [0.15, 0.2) is 17.0 Å². The Morgan fingerprint density at radius 2 is 2.10 bits per heavy atom. The van der Waals surface area contributed by atoms with E-state index in [0.717, 1.165) is 25.0 Å². The van der Waals surface area contributed by atoms with Crippen LogP contribution >= 0.6 is 11.6 Å². The summed E-state index contributed by atoms with van der Waals surface area (Å²) in [6, 6.07) is 1.63. The number of rotatable bonds is 4. The lowest BCUT2D eigenvalue weighted by atomic mass is 10.1. The van der Waals surface area contributed by atoms with Gasteiger partial charge in [-0.3, -0.25) is 4.79 Å². The minimum Gasteiger partial charge on any atom is -0.351 e. The molecule has 8 heteroatoms. The molecular weight excluding hydrogens is 307 g/mol. The summed E-state index contributed by atoms with van der Waals surface area (Å²) in [5, 5.41) is 7.20. The molecule has 0 bridgehead atoms. The number of nitrogens with one attached hydrogen (secondary N) is 1. The molecule has 0 aromatic heterocycles. The van der Waals surface area contributed by atoms with Gasteiger partial charge in [0.25, 0.3) is 5.91 Å². The molecule has 2 rings (SSSR count). The fourth-order valence-electron chi connectivity index (χ4n) is 1.70. The minimum absolute atomic E-state index is 0.0569. The molecule has 0 spiro atoms. The predicted molar refractivity (Wildman–Crippen MR) is 72.5 cm³/mol. The zero-order chi connectivity index (χ0) is 15.1. The topological polar surface area (TPSA) is 89.3 Å². The molecular formula is C12H14ClFN2O3S. The molecule has 1 aromatic rings. The fourth-order valence-corrected chi connectivity index (χ4v) is 2.79. The van der Waals surface area contributed by atoms with Gasteiger partial charge in [0.15, 0.2) is 0 Å². The highest BCUT2D eigenvalue weighted by atomic mass is 35.5. The van der Waals surface area contributed by atoms with Crippen molar-refractivity contribution in [2.45, 2.75) is 24.7 Å². The standard InChI is InChI=1S/C12H14ClFN2O3S/c1-12(2-3-12)6-16-11(17)7-4-10(20(15,18)19)8(13)5-9(7)14/h4-5H,2-3,6H2,1H3,(H,16,17)(H2,15,18,19). The van der Waals surface area contributed by atoms with Gasteiger partial charge in [-0.15, -0.1) is 0 Å². The van der Waals surface area contributed by atoms with E-state index in [1.54, 1.807) is 0 Å². The first kappa shape index (κ1) is 15.2. The predicted octanol–water partition coefficient (Wildman–Crippen LogP) is 1.66. The van der Waals surface area contributed by atoms with Crippen LogP contribution in [0.4, 0.5) is 4.39 Å². The molecule has 1 saturated carbocycles. The molecule has 5 nitrogen and oxygen atoms in total. The maximum atomic E-state index is 13.7. The molecule has 3 N–H and O–H groups in total. The van der Waals surface area contributed by atoms with Gasteiger partial charge in [0, 0.05) is 6.54 Å². The number of hydrogen-bond acceptors (Lipinski definition) is 3. The van der Waals surface area contributed by atoms with Crippen LogP contribution in [0.25, 0.3) is 0 Å². The van der Waals surface area contributed by atoms with Crippen LogP contribution in [-0.4, -0.2) is 20.9 Å². The van der Waals surface area contributed by atoms with Crippen LogP contribution < -0.4 is 10.5 Å². The van der Waals surface area contributed by atoms with E-state index in [0.29, 0.717) is 6.54 Å². The van der Waals surface area contributed by atoms with E-state index >= 15 is 0 Å². The maximum Gasteiger partial charge on any atom is 0.254 e. The first-order chi connectivity index (χ1) is 9.12. The molecule has 0 unspecified atom stereocenters. The molecule has 0 heterocycles. The van der Waals surface area contributed by atoms with Gasteiger partial charge >= 0.3 is 0 Å². The summed E-state index contributed by atoms with van der Waals surface area (Å²) in [7, 11) is -4.12. The van der Waals surface area contributed by atoms with E-state index in [9.17, 15) is 17.6 Å². The van der Waals surface area contributed by atoms with Gasteiger partial charge in [0.05, 0.1) is 10.6 Å². The van der Waals surface area contributed by atoms with Crippen LogP contribution in [0, 0.1) is 11.2 Å². The summed E-state index contributed by atoms with van der Waals surface area (Å²) in [5.41, 5.74) is -0.330. The van der Waals surface area contributed by atoms with Crippen LogP contribution in [0.5, 0.6) is 0 Å². The first-order valence-corrected chi connectivity index (χ1v) is 7.85. The summed E-state index contributed by atoms with van der Waals surface area (Å²) in [4.78, 5) is 11.4. The van der Waals surface area contributed by atoms with E-state index in [2.05, 4.69) is 5.32 Å². The molecule has 1 aliphatic rings. The maximum absolute atomic E-state index is 13.7. The number of sulfonamides is 1. The van der Waals surface area contributed by atoms with Crippen LogP contribution in [0.3, 0.4) is 0 Å². The van der Waals surface area contributed by atoms with Gasteiger partial charge in [-0.05, 0) is 30.4 Å². The highest BCUT2D eigenvalue weighted by Gasteiger charge is 2.37. The monoisotopic (exact) mass is 320 g/mol. The number of primary sulfonamides is 1. The van der Waals surface area contributed by atoms with Crippen LogP contribution in [-0.2, 0) is 10.0 Å². The van der Waals surface area contributed by atoms with Crippen molar-refractivity contribution in [3.63, 3.8) is 0 Å². The van der Waals surface area contributed by atoms with Crippen molar-refractivity contribution in [2.24, 2.45) is 10.6 Å². The van der Waals surface area contributed by atoms with Crippen molar-refractivity contribution in [3.05, 3.63) is 28.5 Å². The number of nitrogens with two attached hydrogens (primary N) is 1. The third-order valence-electron chi connectivity index (χ3n) is 3.35. The third kappa shape index (κ3) is 3.28. The Labute approximate surface area is 121 Å². The van der Waals surface area contributed by atoms with Crippen molar-refractivity contribution < 1.29 is 17.6 Å². The Hall–Kier alpha value is -1.18. The van der Waals surface area contributed by atoms with E-state index in [1.807, 2.05) is 6.92 Å².